The summed E-state index contributed by atoms with van der Waals surface area (Å²) in [5.41, 5.74) is 0.526. The minimum Gasteiger partial charge on any atom is -0.469 e. The molecule has 0 amide bonds. The van der Waals surface area contributed by atoms with Crippen LogP contribution in [0.25, 0.3) is 0 Å². The fraction of sp³-hybridized carbons (Fsp3) is 0.0833. The van der Waals surface area contributed by atoms with Gasteiger partial charge in [-0.1, -0.05) is 0 Å². The van der Waals surface area contributed by atoms with E-state index in [1.807, 2.05) is 22.6 Å². The highest BCUT2D eigenvalue weighted by molar-refractivity contribution is 14.1. The molecule has 0 aliphatic carbocycles. The van der Waals surface area contributed by atoms with E-state index < -0.39 is 0 Å². The van der Waals surface area contributed by atoms with Gasteiger partial charge in [-0.3, -0.25) is 4.79 Å². The van der Waals surface area contributed by atoms with Crippen LogP contribution in [0.4, 0.5) is 4.39 Å². The number of halogens is 2. The van der Waals surface area contributed by atoms with Crippen LogP contribution in [0.15, 0.2) is 41.0 Å². The number of benzene rings is 1. The largest absolute Gasteiger partial charge is 0.469 e. The van der Waals surface area contributed by atoms with Crippen LogP contribution in [0.5, 0.6) is 0 Å². The first-order chi connectivity index (χ1) is 7.66. The molecule has 1 aromatic heterocycles. The lowest BCUT2D eigenvalue weighted by atomic mass is 10.1. The Labute approximate surface area is 106 Å². The summed E-state index contributed by atoms with van der Waals surface area (Å²) in [5, 5.41) is 0. The van der Waals surface area contributed by atoms with E-state index in [-0.39, 0.29) is 18.0 Å². The van der Waals surface area contributed by atoms with Crippen LogP contribution in [0.1, 0.15) is 16.1 Å². The van der Waals surface area contributed by atoms with Crippen molar-refractivity contribution in [2.45, 2.75) is 6.42 Å². The molecule has 0 aliphatic heterocycles. The van der Waals surface area contributed by atoms with Crippen LogP contribution in [-0.4, -0.2) is 5.78 Å². The van der Waals surface area contributed by atoms with Gasteiger partial charge in [0.25, 0.3) is 0 Å². The third-order valence-corrected chi connectivity index (χ3v) is 3.04. The average molecular weight is 330 g/mol. The Bertz CT molecular complexity index is 506. The van der Waals surface area contributed by atoms with Gasteiger partial charge in [-0.05, 0) is 52.9 Å². The Morgan fingerprint density at radius 2 is 2.19 bits per heavy atom. The van der Waals surface area contributed by atoms with E-state index in [9.17, 15) is 9.18 Å². The number of rotatable bonds is 3. The molecule has 0 aliphatic rings. The Morgan fingerprint density at radius 3 is 2.81 bits per heavy atom. The number of hydrogen-bond donors (Lipinski definition) is 0. The third kappa shape index (κ3) is 2.49. The number of ketones is 1. The average Bonchev–Trinajstić information content (AvgIpc) is 2.70. The maximum absolute atomic E-state index is 12.9. The molecule has 2 aromatic rings. The summed E-state index contributed by atoms with van der Waals surface area (Å²) in [4.78, 5) is 11.9. The second kappa shape index (κ2) is 4.78. The SMILES string of the molecule is O=C(Cc1ccco1)c1ccc(F)cc1I. The molecule has 1 aromatic carbocycles. The summed E-state index contributed by atoms with van der Waals surface area (Å²) in [6.45, 7) is 0. The fourth-order valence-corrected chi connectivity index (χ4v) is 2.16. The molecule has 2 rings (SSSR count). The standard InChI is InChI=1S/C12H8FIO2/c13-8-3-4-10(11(14)6-8)12(15)7-9-2-1-5-16-9/h1-6H,7H2. The summed E-state index contributed by atoms with van der Waals surface area (Å²) < 4.78 is 18.6. The quantitative estimate of drug-likeness (QED) is 0.637. The Balaban J connectivity index is 2.21. The summed E-state index contributed by atoms with van der Waals surface area (Å²) in [6.07, 6.45) is 1.73. The molecule has 0 saturated carbocycles. The molecule has 0 fully saturated rings. The molecule has 0 saturated heterocycles. The van der Waals surface area contributed by atoms with Crippen molar-refractivity contribution in [2.75, 3.05) is 0 Å². The third-order valence-electron chi connectivity index (χ3n) is 2.15. The highest BCUT2D eigenvalue weighted by atomic mass is 127. The van der Waals surface area contributed by atoms with Gasteiger partial charge in [0.2, 0.25) is 0 Å². The Hall–Kier alpha value is -1.17. The maximum Gasteiger partial charge on any atom is 0.171 e. The first-order valence-corrected chi connectivity index (χ1v) is 5.75. The first kappa shape index (κ1) is 11.3. The number of Topliss-reactive ketones (excluding diaryl/α,β-unsaturated/α-hetero) is 1. The van der Waals surface area contributed by atoms with Gasteiger partial charge in [-0.15, -0.1) is 0 Å². The van der Waals surface area contributed by atoms with E-state index in [0.29, 0.717) is 14.9 Å². The van der Waals surface area contributed by atoms with Gasteiger partial charge in [-0.25, -0.2) is 4.39 Å². The lowest BCUT2D eigenvalue weighted by molar-refractivity contribution is 0.0986. The zero-order chi connectivity index (χ0) is 11.5. The summed E-state index contributed by atoms with van der Waals surface area (Å²) in [6, 6.07) is 7.61. The van der Waals surface area contributed by atoms with Gasteiger partial charge >= 0.3 is 0 Å². The second-order valence-corrected chi connectivity index (χ2v) is 4.47. The number of carbonyl (C=O) groups excluding carboxylic acids is 1. The summed E-state index contributed by atoms with van der Waals surface area (Å²) in [5.74, 6) is 0.212. The molecule has 0 N–H and O–H groups in total. The summed E-state index contributed by atoms with van der Waals surface area (Å²) in [7, 11) is 0. The molecule has 0 atom stereocenters. The normalized spacial score (nSPS) is 10.4. The second-order valence-electron chi connectivity index (χ2n) is 3.30. The molecule has 16 heavy (non-hydrogen) atoms. The minimum atomic E-state index is -0.334. The van der Waals surface area contributed by atoms with Crippen molar-refractivity contribution >= 4 is 28.4 Å². The van der Waals surface area contributed by atoms with Crippen LogP contribution < -0.4 is 0 Å². The highest BCUT2D eigenvalue weighted by Gasteiger charge is 2.12. The van der Waals surface area contributed by atoms with E-state index in [1.165, 1.54) is 24.5 Å². The van der Waals surface area contributed by atoms with E-state index in [4.69, 9.17) is 4.42 Å². The van der Waals surface area contributed by atoms with Gasteiger partial charge in [0, 0.05) is 9.13 Å². The fourth-order valence-electron chi connectivity index (χ4n) is 1.38. The van der Waals surface area contributed by atoms with E-state index in [1.54, 1.807) is 12.1 Å². The molecule has 1 heterocycles. The van der Waals surface area contributed by atoms with Gasteiger partial charge in [-0.2, -0.15) is 0 Å². The van der Waals surface area contributed by atoms with Crippen molar-refractivity contribution in [3.8, 4) is 0 Å². The number of carbonyl (C=O) groups is 1. The Kier molecular flexibility index (Phi) is 3.38. The van der Waals surface area contributed by atoms with Crippen molar-refractivity contribution in [3.05, 3.63) is 57.3 Å². The number of hydrogen-bond acceptors (Lipinski definition) is 2. The van der Waals surface area contributed by atoms with Crippen LogP contribution in [0.3, 0.4) is 0 Å². The topological polar surface area (TPSA) is 30.2 Å². The van der Waals surface area contributed by atoms with Gasteiger partial charge in [0.05, 0.1) is 12.7 Å². The van der Waals surface area contributed by atoms with E-state index in [0.717, 1.165) is 0 Å². The van der Waals surface area contributed by atoms with E-state index in [2.05, 4.69) is 0 Å². The van der Waals surface area contributed by atoms with Crippen molar-refractivity contribution < 1.29 is 13.6 Å². The minimum absolute atomic E-state index is 0.0700. The van der Waals surface area contributed by atoms with Crippen molar-refractivity contribution in [3.63, 3.8) is 0 Å². The molecule has 82 valence electrons. The highest BCUT2D eigenvalue weighted by Crippen LogP contribution is 2.16. The maximum atomic E-state index is 12.9. The van der Waals surface area contributed by atoms with Gasteiger partial charge < -0.3 is 4.42 Å². The predicted molar refractivity (Wildman–Crippen MR) is 65.9 cm³/mol. The zero-order valence-corrected chi connectivity index (χ0v) is 10.4. The molecular weight excluding hydrogens is 322 g/mol. The van der Waals surface area contributed by atoms with Gasteiger partial charge in [0.15, 0.2) is 5.78 Å². The van der Waals surface area contributed by atoms with Crippen molar-refractivity contribution in [2.24, 2.45) is 0 Å². The summed E-state index contributed by atoms with van der Waals surface area (Å²) >= 11 is 1.95. The molecule has 0 spiro atoms. The van der Waals surface area contributed by atoms with Crippen LogP contribution in [0, 0.1) is 9.39 Å². The molecule has 0 bridgehead atoms. The lowest BCUT2D eigenvalue weighted by Crippen LogP contribution is -2.05. The number of furan rings is 1. The predicted octanol–water partition coefficient (Wildman–Crippen LogP) is 3.45. The smallest absolute Gasteiger partial charge is 0.171 e. The molecule has 0 radical (unpaired) electrons. The first-order valence-electron chi connectivity index (χ1n) is 4.67. The van der Waals surface area contributed by atoms with Crippen LogP contribution in [-0.2, 0) is 6.42 Å². The Morgan fingerprint density at radius 1 is 1.38 bits per heavy atom. The van der Waals surface area contributed by atoms with Crippen molar-refractivity contribution in [1.82, 2.24) is 0 Å². The van der Waals surface area contributed by atoms with Crippen molar-refractivity contribution in [1.29, 1.82) is 0 Å². The molecule has 0 unspecified atom stereocenters. The van der Waals surface area contributed by atoms with Crippen LogP contribution in [0.2, 0.25) is 0 Å². The molecule has 2 nitrogen and oxygen atoms in total. The van der Waals surface area contributed by atoms with E-state index >= 15 is 0 Å². The lowest BCUT2D eigenvalue weighted by Gasteiger charge is -2.02. The molecular formula is C12H8FIO2. The molecule has 4 heteroatoms. The zero-order valence-electron chi connectivity index (χ0n) is 8.24. The van der Waals surface area contributed by atoms with Crippen LogP contribution >= 0.6 is 22.6 Å². The van der Waals surface area contributed by atoms with Gasteiger partial charge in [0.1, 0.15) is 11.6 Å². The monoisotopic (exact) mass is 330 g/mol.